The van der Waals surface area contributed by atoms with Gasteiger partial charge in [-0.1, -0.05) is 19.1 Å². The number of ether oxygens (including phenoxy) is 1. The molecule has 1 aromatic carbocycles. The molecule has 100 valence electrons. The molecule has 0 radical (unpaired) electrons. The zero-order valence-electron chi connectivity index (χ0n) is 11.5. The Morgan fingerprint density at radius 2 is 1.89 bits per heavy atom. The zero-order chi connectivity index (χ0) is 12.8. The summed E-state index contributed by atoms with van der Waals surface area (Å²) in [5.41, 5.74) is 1.35. The maximum Gasteiger partial charge on any atom is 0.118 e. The summed E-state index contributed by atoms with van der Waals surface area (Å²) in [5, 5.41) is 3.58. The van der Waals surface area contributed by atoms with Crippen molar-refractivity contribution < 1.29 is 4.74 Å². The molecule has 0 bridgehead atoms. The van der Waals surface area contributed by atoms with Gasteiger partial charge in [0.15, 0.2) is 0 Å². The number of hydrogen-bond donors (Lipinski definition) is 1. The van der Waals surface area contributed by atoms with Gasteiger partial charge in [-0.2, -0.15) is 0 Å². The zero-order valence-corrected chi connectivity index (χ0v) is 11.5. The van der Waals surface area contributed by atoms with Crippen molar-refractivity contribution in [3.05, 3.63) is 29.8 Å². The SMILES string of the molecule is CCNC(CN1CCCC1)c1ccc(OC)cc1. The van der Waals surface area contributed by atoms with E-state index in [-0.39, 0.29) is 0 Å². The molecule has 0 amide bonds. The minimum atomic E-state index is 0.430. The normalized spacial score (nSPS) is 17.9. The van der Waals surface area contributed by atoms with E-state index in [0.717, 1.165) is 18.8 Å². The second-order valence-corrected chi connectivity index (χ2v) is 4.89. The number of hydrogen-bond acceptors (Lipinski definition) is 3. The van der Waals surface area contributed by atoms with Crippen molar-refractivity contribution >= 4 is 0 Å². The van der Waals surface area contributed by atoms with Crippen LogP contribution in [0.15, 0.2) is 24.3 Å². The summed E-state index contributed by atoms with van der Waals surface area (Å²) in [4.78, 5) is 2.55. The summed E-state index contributed by atoms with van der Waals surface area (Å²) in [6, 6.07) is 8.86. The van der Waals surface area contributed by atoms with Crippen molar-refractivity contribution in [2.75, 3.05) is 33.3 Å². The van der Waals surface area contributed by atoms with Crippen LogP contribution in [0, 0.1) is 0 Å². The molecule has 0 saturated carbocycles. The Morgan fingerprint density at radius 3 is 2.44 bits per heavy atom. The molecule has 1 aliphatic rings. The fourth-order valence-electron chi connectivity index (χ4n) is 2.59. The van der Waals surface area contributed by atoms with E-state index in [2.05, 4.69) is 29.3 Å². The van der Waals surface area contributed by atoms with Gasteiger partial charge in [0, 0.05) is 12.6 Å². The number of likely N-dealkylation sites (tertiary alicyclic amines) is 1. The van der Waals surface area contributed by atoms with E-state index in [1.54, 1.807) is 7.11 Å². The summed E-state index contributed by atoms with van der Waals surface area (Å²) >= 11 is 0. The highest BCUT2D eigenvalue weighted by molar-refractivity contribution is 5.29. The third-order valence-corrected chi connectivity index (χ3v) is 3.61. The highest BCUT2D eigenvalue weighted by atomic mass is 16.5. The van der Waals surface area contributed by atoms with Crippen molar-refractivity contribution in [2.24, 2.45) is 0 Å². The molecule has 18 heavy (non-hydrogen) atoms. The van der Waals surface area contributed by atoms with E-state index in [0.29, 0.717) is 6.04 Å². The molecule has 1 atom stereocenters. The van der Waals surface area contributed by atoms with Gasteiger partial charge in [-0.15, -0.1) is 0 Å². The highest BCUT2D eigenvalue weighted by Gasteiger charge is 2.18. The van der Waals surface area contributed by atoms with Gasteiger partial charge in [0.1, 0.15) is 5.75 Å². The third-order valence-electron chi connectivity index (χ3n) is 3.61. The number of methoxy groups -OCH3 is 1. The van der Waals surface area contributed by atoms with E-state index in [9.17, 15) is 0 Å². The molecule has 0 aliphatic carbocycles. The van der Waals surface area contributed by atoms with Crippen LogP contribution in [0.4, 0.5) is 0 Å². The van der Waals surface area contributed by atoms with Crippen LogP contribution in [0.2, 0.25) is 0 Å². The molecular formula is C15H24N2O. The molecular weight excluding hydrogens is 224 g/mol. The molecule has 3 nitrogen and oxygen atoms in total. The van der Waals surface area contributed by atoms with Crippen molar-refractivity contribution in [1.82, 2.24) is 10.2 Å². The van der Waals surface area contributed by atoms with Crippen LogP contribution in [-0.2, 0) is 0 Å². The van der Waals surface area contributed by atoms with Crippen LogP contribution in [0.25, 0.3) is 0 Å². The Labute approximate surface area is 110 Å². The van der Waals surface area contributed by atoms with Gasteiger partial charge in [-0.25, -0.2) is 0 Å². The predicted octanol–water partition coefficient (Wildman–Crippen LogP) is 2.44. The number of benzene rings is 1. The van der Waals surface area contributed by atoms with E-state index in [1.807, 2.05) is 12.1 Å². The monoisotopic (exact) mass is 248 g/mol. The molecule has 1 aliphatic heterocycles. The average molecular weight is 248 g/mol. The second-order valence-electron chi connectivity index (χ2n) is 4.89. The van der Waals surface area contributed by atoms with Crippen LogP contribution < -0.4 is 10.1 Å². The Kier molecular flexibility index (Phi) is 5.02. The molecule has 1 fully saturated rings. The number of nitrogens with one attached hydrogen (secondary N) is 1. The topological polar surface area (TPSA) is 24.5 Å². The number of rotatable bonds is 6. The van der Waals surface area contributed by atoms with Gasteiger partial charge in [0.05, 0.1) is 7.11 Å². The standard InChI is InChI=1S/C15H24N2O/c1-3-16-15(12-17-10-4-5-11-17)13-6-8-14(18-2)9-7-13/h6-9,15-16H,3-5,10-12H2,1-2H3. The lowest BCUT2D eigenvalue weighted by Crippen LogP contribution is -2.33. The average Bonchev–Trinajstić information content (AvgIpc) is 2.91. The van der Waals surface area contributed by atoms with Gasteiger partial charge in [-0.05, 0) is 50.2 Å². The molecule has 3 heteroatoms. The minimum absolute atomic E-state index is 0.430. The molecule has 0 aromatic heterocycles. The number of likely N-dealkylation sites (N-methyl/N-ethyl adjacent to an activating group) is 1. The fraction of sp³-hybridized carbons (Fsp3) is 0.600. The summed E-state index contributed by atoms with van der Waals surface area (Å²) in [7, 11) is 1.71. The maximum absolute atomic E-state index is 5.21. The van der Waals surface area contributed by atoms with E-state index in [4.69, 9.17) is 4.74 Å². The lowest BCUT2D eigenvalue weighted by atomic mass is 10.1. The molecule has 1 heterocycles. The molecule has 1 aromatic rings. The highest BCUT2D eigenvalue weighted by Crippen LogP contribution is 2.20. The fourth-order valence-corrected chi connectivity index (χ4v) is 2.59. The Bertz CT molecular complexity index is 344. The van der Waals surface area contributed by atoms with Crippen molar-refractivity contribution in [2.45, 2.75) is 25.8 Å². The van der Waals surface area contributed by atoms with Crippen LogP contribution in [-0.4, -0.2) is 38.2 Å². The first-order valence-corrected chi connectivity index (χ1v) is 6.93. The summed E-state index contributed by atoms with van der Waals surface area (Å²) in [6.07, 6.45) is 2.70. The molecule has 1 N–H and O–H groups in total. The van der Waals surface area contributed by atoms with Crippen LogP contribution in [0.5, 0.6) is 5.75 Å². The first-order valence-electron chi connectivity index (χ1n) is 6.93. The largest absolute Gasteiger partial charge is 0.497 e. The lowest BCUT2D eigenvalue weighted by molar-refractivity contribution is 0.294. The Morgan fingerprint density at radius 1 is 1.22 bits per heavy atom. The van der Waals surface area contributed by atoms with Crippen molar-refractivity contribution in [1.29, 1.82) is 0 Å². The van der Waals surface area contributed by atoms with Gasteiger partial charge in [0.2, 0.25) is 0 Å². The summed E-state index contributed by atoms with van der Waals surface area (Å²) < 4.78 is 5.21. The second kappa shape index (κ2) is 6.76. The number of nitrogens with zero attached hydrogens (tertiary/aromatic N) is 1. The maximum atomic E-state index is 5.21. The third kappa shape index (κ3) is 3.47. The van der Waals surface area contributed by atoms with Crippen molar-refractivity contribution in [3.8, 4) is 5.75 Å². The van der Waals surface area contributed by atoms with Gasteiger partial charge < -0.3 is 15.0 Å². The van der Waals surface area contributed by atoms with Crippen LogP contribution >= 0.6 is 0 Å². The quantitative estimate of drug-likeness (QED) is 0.837. The van der Waals surface area contributed by atoms with Crippen LogP contribution in [0.3, 0.4) is 0 Å². The first-order chi connectivity index (χ1) is 8.83. The van der Waals surface area contributed by atoms with Gasteiger partial charge >= 0.3 is 0 Å². The van der Waals surface area contributed by atoms with E-state index >= 15 is 0 Å². The van der Waals surface area contributed by atoms with Gasteiger partial charge in [0.25, 0.3) is 0 Å². The Balaban J connectivity index is 2.02. The van der Waals surface area contributed by atoms with E-state index < -0.39 is 0 Å². The summed E-state index contributed by atoms with van der Waals surface area (Å²) in [6.45, 7) is 6.78. The molecule has 1 saturated heterocycles. The lowest BCUT2D eigenvalue weighted by Gasteiger charge is -2.24. The predicted molar refractivity (Wildman–Crippen MR) is 75.1 cm³/mol. The van der Waals surface area contributed by atoms with E-state index in [1.165, 1.54) is 31.5 Å². The first kappa shape index (κ1) is 13.4. The molecule has 2 rings (SSSR count). The molecule has 1 unspecified atom stereocenters. The van der Waals surface area contributed by atoms with Gasteiger partial charge in [-0.3, -0.25) is 0 Å². The Hall–Kier alpha value is -1.06. The smallest absolute Gasteiger partial charge is 0.118 e. The van der Waals surface area contributed by atoms with Crippen LogP contribution in [0.1, 0.15) is 31.4 Å². The molecule has 0 spiro atoms. The minimum Gasteiger partial charge on any atom is -0.497 e. The van der Waals surface area contributed by atoms with Crippen molar-refractivity contribution in [3.63, 3.8) is 0 Å². The summed E-state index contributed by atoms with van der Waals surface area (Å²) in [5.74, 6) is 0.926.